The van der Waals surface area contributed by atoms with Crippen LogP contribution in [0.5, 0.6) is 11.5 Å². The van der Waals surface area contributed by atoms with E-state index >= 15 is 0 Å². The average molecular weight is 419 g/mol. The van der Waals surface area contributed by atoms with E-state index in [2.05, 4.69) is 25.1 Å². The number of anilines is 3. The van der Waals surface area contributed by atoms with Crippen LogP contribution in [-0.2, 0) is 0 Å². The SMILES string of the molecule is COc1ccc(-c2nc(-c3nc(N)nc(N(C)c4cccc(C)c4)n3)no2)c(OC)c1. The number of nitrogen functional groups attached to an aromatic ring is 1. The molecular formula is C21H21N7O3. The van der Waals surface area contributed by atoms with E-state index in [1.54, 1.807) is 32.4 Å². The van der Waals surface area contributed by atoms with Crippen LogP contribution >= 0.6 is 0 Å². The average Bonchev–Trinajstić information content (AvgIpc) is 3.28. The minimum atomic E-state index is 0.0490. The van der Waals surface area contributed by atoms with E-state index in [1.807, 2.05) is 43.1 Å². The van der Waals surface area contributed by atoms with Crippen molar-refractivity contribution >= 4 is 17.6 Å². The lowest BCUT2D eigenvalue weighted by atomic mass is 10.2. The van der Waals surface area contributed by atoms with Crippen molar-refractivity contribution in [3.63, 3.8) is 0 Å². The Morgan fingerprint density at radius 3 is 2.52 bits per heavy atom. The Kier molecular flexibility index (Phi) is 5.35. The molecule has 0 amide bonds. The molecule has 0 aliphatic heterocycles. The van der Waals surface area contributed by atoms with Gasteiger partial charge in [-0.1, -0.05) is 17.3 Å². The van der Waals surface area contributed by atoms with E-state index in [9.17, 15) is 0 Å². The molecule has 0 atom stereocenters. The largest absolute Gasteiger partial charge is 0.497 e. The third-order valence-corrected chi connectivity index (χ3v) is 4.59. The lowest BCUT2D eigenvalue weighted by Crippen LogP contribution is -2.15. The highest BCUT2D eigenvalue weighted by Crippen LogP contribution is 2.33. The molecule has 31 heavy (non-hydrogen) atoms. The Bertz CT molecular complexity index is 1230. The monoisotopic (exact) mass is 419 g/mol. The normalized spacial score (nSPS) is 10.7. The fourth-order valence-electron chi connectivity index (χ4n) is 2.98. The number of hydrogen-bond donors (Lipinski definition) is 1. The molecule has 10 nitrogen and oxygen atoms in total. The maximum atomic E-state index is 5.93. The molecule has 158 valence electrons. The Morgan fingerprint density at radius 2 is 1.77 bits per heavy atom. The van der Waals surface area contributed by atoms with Gasteiger partial charge < -0.3 is 24.6 Å². The molecule has 0 fully saturated rings. The third-order valence-electron chi connectivity index (χ3n) is 4.59. The van der Waals surface area contributed by atoms with Crippen LogP contribution in [0.15, 0.2) is 47.0 Å². The van der Waals surface area contributed by atoms with Crippen molar-refractivity contribution in [2.24, 2.45) is 0 Å². The highest BCUT2D eigenvalue weighted by molar-refractivity contribution is 5.66. The molecule has 0 spiro atoms. The van der Waals surface area contributed by atoms with Gasteiger partial charge in [0.25, 0.3) is 5.89 Å². The van der Waals surface area contributed by atoms with Crippen molar-refractivity contribution < 1.29 is 14.0 Å². The van der Waals surface area contributed by atoms with E-state index in [0.717, 1.165) is 11.3 Å². The predicted molar refractivity (Wildman–Crippen MR) is 115 cm³/mol. The lowest BCUT2D eigenvalue weighted by Gasteiger charge is -2.17. The van der Waals surface area contributed by atoms with Gasteiger partial charge in [0.05, 0.1) is 19.8 Å². The number of methoxy groups -OCH3 is 2. The number of benzene rings is 2. The number of hydrogen-bond acceptors (Lipinski definition) is 10. The number of ether oxygens (including phenoxy) is 2. The Morgan fingerprint density at radius 1 is 0.935 bits per heavy atom. The Balaban J connectivity index is 1.70. The van der Waals surface area contributed by atoms with Crippen molar-refractivity contribution in [3.05, 3.63) is 48.0 Å². The molecule has 2 aromatic heterocycles. The molecule has 10 heteroatoms. The lowest BCUT2D eigenvalue weighted by molar-refractivity contribution is 0.391. The molecule has 2 aromatic carbocycles. The molecule has 2 heterocycles. The summed E-state index contributed by atoms with van der Waals surface area (Å²) in [6.45, 7) is 2.01. The summed E-state index contributed by atoms with van der Waals surface area (Å²) in [5.74, 6) is 2.22. The van der Waals surface area contributed by atoms with Gasteiger partial charge in [-0.3, -0.25) is 0 Å². The molecular weight excluding hydrogens is 398 g/mol. The van der Waals surface area contributed by atoms with Gasteiger partial charge in [-0.05, 0) is 36.8 Å². The molecule has 0 bridgehead atoms. The van der Waals surface area contributed by atoms with Gasteiger partial charge in [0, 0.05) is 18.8 Å². The molecule has 0 saturated carbocycles. The summed E-state index contributed by atoms with van der Waals surface area (Å²) < 4.78 is 16.1. The summed E-state index contributed by atoms with van der Waals surface area (Å²) in [6.07, 6.45) is 0. The van der Waals surface area contributed by atoms with Crippen LogP contribution in [0.1, 0.15) is 5.56 Å². The van der Waals surface area contributed by atoms with Crippen LogP contribution in [0.3, 0.4) is 0 Å². The van der Waals surface area contributed by atoms with Gasteiger partial charge in [-0.15, -0.1) is 0 Å². The van der Waals surface area contributed by atoms with Crippen molar-refractivity contribution in [1.82, 2.24) is 25.1 Å². The first-order valence-corrected chi connectivity index (χ1v) is 9.37. The number of nitrogens with two attached hydrogens (primary N) is 1. The summed E-state index contributed by atoms with van der Waals surface area (Å²) in [6, 6.07) is 13.2. The van der Waals surface area contributed by atoms with E-state index in [4.69, 9.17) is 19.7 Å². The van der Waals surface area contributed by atoms with Gasteiger partial charge in [0.2, 0.25) is 23.5 Å². The van der Waals surface area contributed by atoms with E-state index in [0.29, 0.717) is 23.0 Å². The Hall–Kier alpha value is -4.21. The zero-order chi connectivity index (χ0) is 22.0. The smallest absolute Gasteiger partial charge is 0.262 e. The third kappa shape index (κ3) is 4.08. The molecule has 0 radical (unpaired) electrons. The van der Waals surface area contributed by atoms with Gasteiger partial charge in [0.15, 0.2) is 0 Å². The second-order valence-corrected chi connectivity index (χ2v) is 6.70. The van der Waals surface area contributed by atoms with Crippen LogP contribution in [0, 0.1) is 6.92 Å². The topological polar surface area (TPSA) is 125 Å². The van der Waals surface area contributed by atoms with Crippen molar-refractivity contribution in [2.75, 3.05) is 31.9 Å². The summed E-state index contributed by atoms with van der Waals surface area (Å²) >= 11 is 0. The van der Waals surface area contributed by atoms with Crippen molar-refractivity contribution in [3.8, 4) is 34.6 Å². The zero-order valence-electron chi connectivity index (χ0n) is 17.5. The summed E-state index contributed by atoms with van der Waals surface area (Å²) in [5.41, 5.74) is 8.57. The molecule has 0 aliphatic carbocycles. The summed E-state index contributed by atoms with van der Waals surface area (Å²) in [5, 5.41) is 4.01. The van der Waals surface area contributed by atoms with Gasteiger partial charge in [-0.2, -0.15) is 19.9 Å². The van der Waals surface area contributed by atoms with Crippen LogP contribution < -0.4 is 20.1 Å². The Labute approximate surface area is 178 Å². The van der Waals surface area contributed by atoms with Crippen molar-refractivity contribution in [2.45, 2.75) is 6.92 Å². The number of rotatable bonds is 6. The fraction of sp³-hybridized carbons (Fsp3) is 0.190. The molecule has 2 N–H and O–H groups in total. The second-order valence-electron chi connectivity index (χ2n) is 6.70. The standard InChI is InChI=1S/C21H21N7O3/c1-12-6-5-7-13(10-12)28(2)21-25-17(24-20(22)26-21)18-23-19(31-27-18)15-9-8-14(29-3)11-16(15)30-4/h5-11H,1-4H3,(H2,22,24,25,26). The zero-order valence-corrected chi connectivity index (χ0v) is 17.5. The minimum absolute atomic E-state index is 0.0490. The number of aromatic nitrogens is 5. The van der Waals surface area contributed by atoms with Gasteiger partial charge in [-0.25, -0.2) is 0 Å². The fourth-order valence-corrected chi connectivity index (χ4v) is 2.98. The van der Waals surface area contributed by atoms with E-state index in [1.165, 1.54) is 0 Å². The number of nitrogens with zero attached hydrogens (tertiary/aromatic N) is 6. The first-order chi connectivity index (χ1) is 15.0. The highest BCUT2D eigenvalue weighted by Gasteiger charge is 2.19. The molecule has 4 rings (SSSR count). The number of aryl methyl sites for hydroxylation is 1. The summed E-state index contributed by atoms with van der Waals surface area (Å²) in [7, 11) is 4.97. The van der Waals surface area contributed by atoms with Gasteiger partial charge >= 0.3 is 0 Å². The maximum Gasteiger partial charge on any atom is 0.262 e. The van der Waals surface area contributed by atoms with E-state index in [-0.39, 0.29) is 23.5 Å². The maximum absolute atomic E-state index is 5.93. The molecule has 0 unspecified atom stereocenters. The molecule has 4 aromatic rings. The van der Waals surface area contributed by atoms with Gasteiger partial charge in [0.1, 0.15) is 11.5 Å². The quantitative estimate of drug-likeness (QED) is 0.497. The predicted octanol–water partition coefficient (Wildman–Crippen LogP) is 3.26. The first-order valence-electron chi connectivity index (χ1n) is 9.37. The molecule has 0 aliphatic rings. The van der Waals surface area contributed by atoms with Crippen LogP contribution in [0.2, 0.25) is 0 Å². The summed E-state index contributed by atoms with van der Waals surface area (Å²) in [4.78, 5) is 19.1. The van der Waals surface area contributed by atoms with Crippen molar-refractivity contribution in [1.29, 1.82) is 0 Å². The van der Waals surface area contributed by atoms with Crippen LogP contribution in [0.4, 0.5) is 17.6 Å². The minimum Gasteiger partial charge on any atom is -0.497 e. The van der Waals surface area contributed by atoms with Crippen LogP contribution in [0.25, 0.3) is 23.1 Å². The second kappa shape index (κ2) is 8.27. The highest BCUT2D eigenvalue weighted by atomic mass is 16.5. The molecule has 0 saturated heterocycles. The van der Waals surface area contributed by atoms with Crippen LogP contribution in [-0.4, -0.2) is 46.4 Å². The first kappa shape index (κ1) is 20.1. The van der Waals surface area contributed by atoms with E-state index < -0.39 is 0 Å².